The Kier molecular flexibility index (Phi) is 3.80. The second-order valence-corrected chi connectivity index (χ2v) is 5.04. The highest BCUT2D eigenvalue weighted by Gasteiger charge is 2.23. The Hall–Kier alpha value is -3.15. The normalized spacial score (nSPS) is 10.5. The molecule has 0 atom stereocenters. The number of methoxy groups -OCH3 is 1. The summed E-state index contributed by atoms with van der Waals surface area (Å²) in [6.45, 7) is 1.94. The molecular formula is C17H15N3O3. The smallest absolute Gasteiger partial charge is 0.358 e. The molecule has 1 heterocycles. The molecule has 0 saturated heterocycles. The third-order valence-corrected chi connectivity index (χ3v) is 3.48. The number of carboxylic acid groups (broad SMARTS) is 1. The fourth-order valence-corrected chi connectivity index (χ4v) is 2.42. The first-order valence-electron chi connectivity index (χ1n) is 7.01. The predicted molar refractivity (Wildman–Crippen MR) is 85.0 cm³/mol. The third kappa shape index (κ3) is 2.66. The lowest BCUT2D eigenvalue weighted by atomic mass is 10.1. The molecule has 0 spiro atoms. The van der Waals surface area contributed by atoms with E-state index in [0.717, 1.165) is 11.1 Å². The fraction of sp³-hybridized carbons (Fsp3) is 0.118. The molecule has 0 fully saturated rings. The summed E-state index contributed by atoms with van der Waals surface area (Å²) < 4.78 is 6.88. The lowest BCUT2D eigenvalue weighted by Gasteiger charge is -2.12. The highest BCUT2D eigenvalue weighted by Crippen LogP contribution is 2.30. The Labute approximate surface area is 133 Å². The summed E-state index contributed by atoms with van der Waals surface area (Å²) in [6, 6.07) is 14.8. The lowest BCUT2D eigenvalue weighted by molar-refractivity contribution is 0.0691. The van der Waals surface area contributed by atoms with E-state index in [0.29, 0.717) is 17.1 Å². The van der Waals surface area contributed by atoms with E-state index in [1.54, 1.807) is 7.11 Å². The van der Waals surface area contributed by atoms with Crippen LogP contribution in [0.5, 0.6) is 5.75 Å². The number of hydrogen-bond acceptors (Lipinski definition) is 4. The minimum absolute atomic E-state index is 0.0974. The SMILES string of the molecule is COc1ccc(C)cc1-n1nnc(C(=O)O)c1-c1ccccc1. The van der Waals surface area contributed by atoms with Crippen molar-refractivity contribution < 1.29 is 14.6 Å². The molecule has 0 aliphatic rings. The first-order valence-corrected chi connectivity index (χ1v) is 7.01. The van der Waals surface area contributed by atoms with Crippen LogP contribution in [-0.2, 0) is 0 Å². The van der Waals surface area contributed by atoms with Gasteiger partial charge < -0.3 is 9.84 Å². The summed E-state index contributed by atoms with van der Waals surface area (Å²) in [5.41, 5.74) is 2.69. The number of nitrogens with zero attached hydrogens (tertiary/aromatic N) is 3. The van der Waals surface area contributed by atoms with Crippen LogP contribution in [0, 0.1) is 6.92 Å². The van der Waals surface area contributed by atoms with Crippen LogP contribution in [0.4, 0.5) is 0 Å². The van der Waals surface area contributed by atoms with E-state index in [1.165, 1.54) is 4.68 Å². The number of carboxylic acids is 1. The maximum Gasteiger partial charge on any atom is 0.358 e. The molecule has 0 aliphatic heterocycles. The maximum atomic E-state index is 11.5. The first kappa shape index (κ1) is 14.8. The first-order chi connectivity index (χ1) is 11.1. The second kappa shape index (κ2) is 5.92. The molecule has 0 radical (unpaired) electrons. The number of aromatic nitrogens is 3. The molecule has 1 N–H and O–H groups in total. The van der Waals surface area contributed by atoms with Crippen molar-refractivity contribution in [2.75, 3.05) is 7.11 Å². The van der Waals surface area contributed by atoms with E-state index in [9.17, 15) is 9.90 Å². The number of rotatable bonds is 4. The van der Waals surface area contributed by atoms with Crippen LogP contribution < -0.4 is 4.74 Å². The molecule has 116 valence electrons. The van der Waals surface area contributed by atoms with Crippen molar-refractivity contribution in [3.8, 4) is 22.7 Å². The summed E-state index contributed by atoms with van der Waals surface area (Å²) in [4.78, 5) is 11.5. The van der Waals surface area contributed by atoms with Crippen LogP contribution in [0.2, 0.25) is 0 Å². The summed E-state index contributed by atoms with van der Waals surface area (Å²) >= 11 is 0. The van der Waals surface area contributed by atoms with Gasteiger partial charge in [0, 0.05) is 5.56 Å². The molecule has 0 unspecified atom stereocenters. The van der Waals surface area contributed by atoms with E-state index in [2.05, 4.69) is 10.3 Å². The van der Waals surface area contributed by atoms with Crippen molar-refractivity contribution in [3.05, 3.63) is 59.8 Å². The van der Waals surface area contributed by atoms with Gasteiger partial charge in [0.2, 0.25) is 0 Å². The van der Waals surface area contributed by atoms with Crippen molar-refractivity contribution in [1.82, 2.24) is 15.0 Å². The lowest BCUT2D eigenvalue weighted by Crippen LogP contribution is -2.05. The number of ether oxygens (including phenoxy) is 1. The Morgan fingerprint density at radius 3 is 2.57 bits per heavy atom. The third-order valence-electron chi connectivity index (χ3n) is 3.48. The second-order valence-electron chi connectivity index (χ2n) is 5.04. The zero-order valence-electron chi connectivity index (χ0n) is 12.7. The van der Waals surface area contributed by atoms with Gasteiger partial charge in [-0.1, -0.05) is 41.6 Å². The van der Waals surface area contributed by atoms with Crippen LogP contribution >= 0.6 is 0 Å². The molecule has 0 amide bonds. The quantitative estimate of drug-likeness (QED) is 0.801. The van der Waals surface area contributed by atoms with Gasteiger partial charge in [0.25, 0.3) is 0 Å². The molecule has 0 aliphatic carbocycles. The van der Waals surface area contributed by atoms with Crippen molar-refractivity contribution in [1.29, 1.82) is 0 Å². The van der Waals surface area contributed by atoms with Crippen LogP contribution in [0.25, 0.3) is 16.9 Å². The van der Waals surface area contributed by atoms with Crippen molar-refractivity contribution in [2.24, 2.45) is 0 Å². The van der Waals surface area contributed by atoms with E-state index in [-0.39, 0.29) is 5.69 Å². The molecule has 2 aromatic carbocycles. The van der Waals surface area contributed by atoms with Crippen molar-refractivity contribution in [2.45, 2.75) is 6.92 Å². The van der Waals surface area contributed by atoms with Crippen LogP contribution in [0.15, 0.2) is 48.5 Å². The minimum atomic E-state index is -1.12. The number of hydrogen-bond donors (Lipinski definition) is 1. The number of benzene rings is 2. The highest BCUT2D eigenvalue weighted by atomic mass is 16.5. The Morgan fingerprint density at radius 2 is 1.91 bits per heavy atom. The van der Waals surface area contributed by atoms with Crippen LogP contribution in [0.1, 0.15) is 16.1 Å². The molecule has 3 aromatic rings. The van der Waals surface area contributed by atoms with E-state index >= 15 is 0 Å². The summed E-state index contributed by atoms with van der Waals surface area (Å²) in [7, 11) is 1.56. The summed E-state index contributed by atoms with van der Waals surface area (Å²) in [6.07, 6.45) is 0. The molecule has 23 heavy (non-hydrogen) atoms. The molecule has 6 nitrogen and oxygen atoms in total. The average Bonchev–Trinajstić information content (AvgIpc) is 3.00. The van der Waals surface area contributed by atoms with Crippen LogP contribution in [-0.4, -0.2) is 33.2 Å². The van der Waals surface area contributed by atoms with Gasteiger partial charge in [-0.05, 0) is 24.6 Å². The fourth-order valence-electron chi connectivity index (χ4n) is 2.42. The van der Waals surface area contributed by atoms with Gasteiger partial charge in [0.05, 0.1) is 7.11 Å². The molecule has 0 saturated carbocycles. The predicted octanol–water partition coefficient (Wildman–Crippen LogP) is 2.95. The zero-order chi connectivity index (χ0) is 16.4. The standard InChI is InChI=1S/C17H15N3O3/c1-11-8-9-14(23-2)13(10-11)20-16(12-6-4-3-5-7-12)15(17(21)22)18-19-20/h3-10H,1-2H3,(H,21,22). The summed E-state index contributed by atoms with van der Waals surface area (Å²) in [5, 5.41) is 17.3. The number of aromatic carboxylic acids is 1. The van der Waals surface area contributed by atoms with Gasteiger partial charge in [-0.3, -0.25) is 0 Å². The Balaban J connectivity index is 2.30. The molecule has 3 rings (SSSR count). The van der Waals surface area contributed by atoms with Gasteiger partial charge in [0.15, 0.2) is 5.69 Å². The van der Waals surface area contributed by atoms with Crippen LogP contribution in [0.3, 0.4) is 0 Å². The van der Waals surface area contributed by atoms with Gasteiger partial charge in [-0.2, -0.15) is 0 Å². The number of aryl methyl sites for hydroxylation is 1. The van der Waals surface area contributed by atoms with Gasteiger partial charge in [0.1, 0.15) is 17.1 Å². The maximum absolute atomic E-state index is 11.5. The average molecular weight is 309 g/mol. The van der Waals surface area contributed by atoms with Crippen molar-refractivity contribution in [3.63, 3.8) is 0 Å². The molecule has 0 bridgehead atoms. The monoisotopic (exact) mass is 309 g/mol. The van der Waals surface area contributed by atoms with Gasteiger partial charge in [-0.25, -0.2) is 9.48 Å². The van der Waals surface area contributed by atoms with Crippen molar-refractivity contribution >= 4 is 5.97 Å². The van der Waals surface area contributed by atoms with E-state index in [4.69, 9.17) is 4.74 Å². The largest absolute Gasteiger partial charge is 0.494 e. The molecule has 1 aromatic heterocycles. The zero-order valence-corrected chi connectivity index (χ0v) is 12.7. The topological polar surface area (TPSA) is 77.2 Å². The molecule has 6 heteroatoms. The molecular weight excluding hydrogens is 294 g/mol. The minimum Gasteiger partial charge on any atom is -0.494 e. The van der Waals surface area contributed by atoms with E-state index in [1.807, 2.05) is 55.5 Å². The van der Waals surface area contributed by atoms with Gasteiger partial charge >= 0.3 is 5.97 Å². The Morgan fingerprint density at radius 1 is 1.17 bits per heavy atom. The number of carbonyl (C=O) groups is 1. The van der Waals surface area contributed by atoms with Gasteiger partial charge in [-0.15, -0.1) is 5.10 Å². The summed E-state index contributed by atoms with van der Waals surface area (Å²) in [5.74, 6) is -0.531. The van der Waals surface area contributed by atoms with E-state index < -0.39 is 5.97 Å². The highest BCUT2D eigenvalue weighted by molar-refractivity contribution is 5.93. The Bertz CT molecular complexity index is 857.